The molecule has 1 aliphatic rings. The van der Waals surface area contributed by atoms with Crippen molar-refractivity contribution in [2.75, 3.05) is 18.4 Å². The third kappa shape index (κ3) is 4.92. The van der Waals surface area contributed by atoms with Crippen molar-refractivity contribution in [2.45, 2.75) is 17.7 Å². The number of nitro benzene ring substituents is 1. The molecule has 1 saturated heterocycles. The molecule has 1 N–H and O–H groups in total. The molecule has 0 radical (unpaired) electrons. The summed E-state index contributed by atoms with van der Waals surface area (Å²) in [6, 6.07) is 11.3. The Bertz CT molecular complexity index is 1300. The van der Waals surface area contributed by atoms with Gasteiger partial charge in [0.2, 0.25) is 15.9 Å². The van der Waals surface area contributed by atoms with Gasteiger partial charge in [0.05, 0.1) is 10.6 Å². The first-order valence-electron chi connectivity index (χ1n) is 10.0. The number of amides is 1. The highest BCUT2D eigenvalue weighted by Crippen LogP contribution is 2.29. The van der Waals surface area contributed by atoms with Crippen LogP contribution in [0.3, 0.4) is 0 Å². The molecule has 0 bridgehead atoms. The number of hydrogen-bond acceptors (Lipinski definition) is 7. The van der Waals surface area contributed by atoms with E-state index in [1.54, 1.807) is 17.5 Å². The fraction of sp³-hybridized carbons (Fsp3) is 0.238. The molecule has 3 aromatic rings. The first kappa shape index (κ1) is 23.0. The van der Waals surface area contributed by atoms with Crippen LogP contribution in [0.5, 0.6) is 0 Å². The van der Waals surface area contributed by atoms with Gasteiger partial charge in [-0.15, -0.1) is 11.3 Å². The van der Waals surface area contributed by atoms with Crippen molar-refractivity contribution in [1.29, 1.82) is 0 Å². The summed E-state index contributed by atoms with van der Waals surface area (Å²) in [7, 11) is -3.97. The van der Waals surface area contributed by atoms with Gasteiger partial charge in [0.15, 0.2) is 5.13 Å². The van der Waals surface area contributed by atoms with E-state index in [2.05, 4.69) is 10.3 Å². The van der Waals surface area contributed by atoms with E-state index < -0.39 is 26.7 Å². The summed E-state index contributed by atoms with van der Waals surface area (Å²) in [5, 5.41) is 15.7. The predicted octanol–water partition coefficient (Wildman–Crippen LogP) is 3.90. The van der Waals surface area contributed by atoms with Crippen molar-refractivity contribution in [1.82, 2.24) is 9.29 Å². The Morgan fingerprint density at radius 1 is 1.18 bits per heavy atom. The van der Waals surface area contributed by atoms with Gasteiger partial charge in [-0.3, -0.25) is 14.9 Å². The lowest BCUT2D eigenvalue weighted by Crippen LogP contribution is -2.41. The maximum Gasteiger partial charge on any atom is 0.270 e. The van der Waals surface area contributed by atoms with Crippen LogP contribution >= 0.6 is 11.3 Å². The summed E-state index contributed by atoms with van der Waals surface area (Å²) in [6.07, 6.45) is 0.589. The number of anilines is 1. The molecule has 33 heavy (non-hydrogen) atoms. The number of nitro groups is 1. The Balaban J connectivity index is 1.38. The lowest BCUT2D eigenvalue weighted by molar-refractivity contribution is -0.384. The number of carbonyl (C=O) groups excluding carboxylic acids is 1. The zero-order valence-corrected chi connectivity index (χ0v) is 18.8. The molecule has 0 aliphatic carbocycles. The minimum absolute atomic E-state index is 0.0526. The molecule has 1 aliphatic heterocycles. The molecule has 1 amide bonds. The van der Waals surface area contributed by atoms with Gasteiger partial charge in [0, 0.05) is 42.1 Å². The number of piperidine rings is 1. The first-order chi connectivity index (χ1) is 15.8. The van der Waals surface area contributed by atoms with E-state index >= 15 is 0 Å². The van der Waals surface area contributed by atoms with E-state index in [-0.39, 0.29) is 29.6 Å². The summed E-state index contributed by atoms with van der Waals surface area (Å²) < 4.78 is 40.6. The third-order valence-electron chi connectivity index (χ3n) is 5.37. The van der Waals surface area contributed by atoms with Crippen molar-refractivity contribution in [3.05, 3.63) is 69.8 Å². The van der Waals surface area contributed by atoms with Gasteiger partial charge >= 0.3 is 0 Å². The van der Waals surface area contributed by atoms with E-state index in [1.807, 2.05) is 0 Å². The number of halogens is 1. The average molecular weight is 491 g/mol. The molecular weight excluding hydrogens is 471 g/mol. The molecular formula is C21H19FN4O5S2. The van der Waals surface area contributed by atoms with E-state index in [9.17, 15) is 27.7 Å². The lowest BCUT2D eigenvalue weighted by Gasteiger charge is -2.30. The second-order valence-electron chi connectivity index (χ2n) is 7.44. The van der Waals surface area contributed by atoms with Crippen LogP contribution in [0.2, 0.25) is 0 Å². The molecule has 0 atom stereocenters. The quantitative estimate of drug-likeness (QED) is 0.413. The molecule has 2 heterocycles. The number of nitrogens with zero attached hydrogens (tertiary/aromatic N) is 3. The lowest BCUT2D eigenvalue weighted by atomic mass is 9.97. The number of carbonyl (C=O) groups is 1. The maximum absolute atomic E-state index is 14.0. The van der Waals surface area contributed by atoms with Crippen molar-refractivity contribution >= 4 is 38.1 Å². The van der Waals surface area contributed by atoms with E-state index in [0.29, 0.717) is 29.2 Å². The smallest absolute Gasteiger partial charge is 0.270 e. The van der Waals surface area contributed by atoms with Gasteiger partial charge in [-0.1, -0.05) is 24.3 Å². The number of nitrogens with one attached hydrogen (secondary N) is 1. The summed E-state index contributed by atoms with van der Waals surface area (Å²) in [4.78, 5) is 27.1. The molecule has 0 spiro atoms. The standard InChI is InChI=1S/C21H19FN4O5S2/c22-17-6-1-2-7-19(17)33(30,31)25-10-8-14(9-11-25)20(27)24-21-23-18(13-32-21)15-4-3-5-16(12-15)26(28)29/h1-7,12-14H,8-11H2,(H,23,24,27). The van der Waals surface area contributed by atoms with Crippen molar-refractivity contribution < 1.29 is 22.5 Å². The van der Waals surface area contributed by atoms with Crippen LogP contribution in [0.15, 0.2) is 58.8 Å². The highest BCUT2D eigenvalue weighted by molar-refractivity contribution is 7.89. The Morgan fingerprint density at radius 2 is 1.91 bits per heavy atom. The summed E-state index contributed by atoms with van der Waals surface area (Å²) in [5.74, 6) is -1.50. The van der Waals surface area contributed by atoms with Gasteiger partial charge < -0.3 is 5.32 Å². The van der Waals surface area contributed by atoms with E-state index in [0.717, 1.165) is 6.07 Å². The number of benzene rings is 2. The maximum atomic E-state index is 14.0. The normalized spacial score (nSPS) is 15.3. The molecule has 9 nitrogen and oxygen atoms in total. The molecule has 172 valence electrons. The first-order valence-corrected chi connectivity index (χ1v) is 12.3. The topological polar surface area (TPSA) is 123 Å². The molecule has 0 saturated carbocycles. The fourth-order valence-electron chi connectivity index (χ4n) is 3.60. The average Bonchev–Trinajstić information content (AvgIpc) is 3.28. The number of sulfonamides is 1. The van der Waals surface area contributed by atoms with Crippen LogP contribution in [0.1, 0.15) is 12.8 Å². The molecule has 4 rings (SSSR count). The number of rotatable bonds is 6. The van der Waals surface area contributed by atoms with Gasteiger partial charge in [-0.25, -0.2) is 17.8 Å². The minimum Gasteiger partial charge on any atom is -0.302 e. The van der Waals surface area contributed by atoms with Crippen molar-refractivity contribution in [3.8, 4) is 11.3 Å². The third-order valence-corrected chi connectivity index (χ3v) is 8.06. The highest BCUT2D eigenvalue weighted by atomic mass is 32.2. The zero-order chi connectivity index (χ0) is 23.6. The summed E-state index contributed by atoms with van der Waals surface area (Å²) >= 11 is 1.19. The summed E-state index contributed by atoms with van der Waals surface area (Å²) in [6.45, 7) is 0.205. The second-order valence-corrected chi connectivity index (χ2v) is 10.2. The minimum atomic E-state index is -3.97. The van der Waals surface area contributed by atoms with Gasteiger partial charge in [0.25, 0.3) is 5.69 Å². The molecule has 12 heteroatoms. The largest absolute Gasteiger partial charge is 0.302 e. The molecule has 1 fully saturated rings. The fourth-order valence-corrected chi connectivity index (χ4v) is 5.86. The van der Waals surface area contributed by atoms with Crippen LogP contribution in [-0.4, -0.2) is 41.6 Å². The number of non-ortho nitro benzene ring substituents is 1. The van der Waals surface area contributed by atoms with Crippen LogP contribution in [-0.2, 0) is 14.8 Å². The number of thiazole rings is 1. The number of aromatic nitrogens is 1. The zero-order valence-electron chi connectivity index (χ0n) is 17.2. The Hall–Kier alpha value is -3.22. The monoisotopic (exact) mass is 490 g/mol. The highest BCUT2D eigenvalue weighted by Gasteiger charge is 2.33. The Kier molecular flexibility index (Phi) is 6.49. The second kappa shape index (κ2) is 9.33. The Labute approximate surface area is 193 Å². The Morgan fingerprint density at radius 3 is 2.61 bits per heavy atom. The van der Waals surface area contributed by atoms with Crippen LogP contribution < -0.4 is 5.32 Å². The summed E-state index contributed by atoms with van der Waals surface area (Å²) in [5.41, 5.74) is 1.01. The molecule has 1 aromatic heterocycles. The van der Waals surface area contributed by atoms with E-state index in [4.69, 9.17) is 0 Å². The van der Waals surface area contributed by atoms with Crippen molar-refractivity contribution in [3.63, 3.8) is 0 Å². The van der Waals surface area contributed by atoms with Gasteiger partial charge in [-0.05, 0) is 25.0 Å². The van der Waals surface area contributed by atoms with Gasteiger partial charge in [0.1, 0.15) is 10.7 Å². The van der Waals surface area contributed by atoms with Crippen LogP contribution in [0.25, 0.3) is 11.3 Å². The SMILES string of the molecule is O=C(Nc1nc(-c2cccc([N+](=O)[O-])c2)cs1)C1CCN(S(=O)(=O)c2ccccc2F)CC1. The van der Waals surface area contributed by atoms with Crippen LogP contribution in [0.4, 0.5) is 15.2 Å². The van der Waals surface area contributed by atoms with Gasteiger partial charge in [-0.2, -0.15) is 4.31 Å². The molecule has 2 aromatic carbocycles. The van der Waals surface area contributed by atoms with Crippen LogP contribution in [0, 0.1) is 21.8 Å². The predicted molar refractivity (Wildman–Crippen MR) is 121 cm³/mol. The molecule has 0 unspecified atom stereocenters. The number of hydrogen-bond donors (Lipinski definition) is 1. The van der Waals surface area contributed by atoms with E-state index in [1.165, 1.54) is 46.0 Å². The van der Waals surface area contributed by atoms with Crippen molar-refractivity contribution in [2.24, 2.45) is 5.92 Å².